The highest BCUT2D eigenvalue weighted by molar-refractivity contribution is 6.38. The second-order valence-electron chi connectivity index (χ2n) is 7.36. The summed E-state index contributed by atoms with van der Waals surface area (Å²) in [7, 11) is 1.63. The Bertz CT molecular complexity index is 1390. The summed E-state index contributed by atoms with van der Waals surface area (Å²) in [4.78, 5) is 36.2. The Balaban J connectivity index is 1.78. The van der Waals surface area contributed by atoms with Crippen LogP contribution < -0.4 is 15.0 Å². The number of carbonyl (C=O) groups is 1. The molecular weight excluding hydrogens is 465 g/mol. The first-order valence-corrected chi connectivity index (χ1v) is 10.8. The first-order chi connectivity index (χ1) is 15.9. The van der Waals surface area contributed by atoms with Gasteiger partial charge in [0.25, 0.3) is 22.9 Å². The van der Waals surface area contributed by atoms with Crippen LogP contribution in [-0.2, 0) is 13.6 Å². The molecule has 0 atom stereocenters. The zero-order valence-electron chi connectivity index (χ0n) is 17.7. The van der Waals surface area contributed by atoms with Gasteiger partial charge in [0, 0.05) is 12.2 Å². The molecule has 2 aromatic heterocycles. The van der Waals surface area contributed by atoms with E-state index in [1.54, 1.807) is 25.2 Å². The molecule has 168 valence electrons. The van der Waals surface area contributed by atoms with Gasteiger partial charge in [0.15, 0.2) is 5.56 Å². The molecule has 1 amide bonds. The second kappa shape index (κ2) is 9.66. The molecule has 0 spiro atoms. The van der Waals surface area contributed by atoms with Crippen molar-refractivity contribution in [2.75, 3.05) is 18.1 Å². The van der Waals surface area contributed by atoms with Gasteiger partial charge in [0.1, 0.15) is 0 Å². The van der Waals surface area contributed by atoms with Gasteiger partial charge in [0.2, 0.25) is 5.15 Å². The van der Waals surface area contributed by atoms with E-state index in [9.17, 15) is 14.7 Å². The third kappa shape index (κ3) is 4.59. The van der Waals surface area contributed by atoms with Gasteiger partial charge in [-0.25, -0.2) is 9.55 Å². The Morgan fingerprint density at radius 1 is 1.15 bits per heavy atom. The van der Waals surface area contributed by atoms with E-state index in [2.05, 4.69) is 9.97 Å². The minimum Gasteiger partial charge on any atom is -0.395 e. The molecule has 4 rings (SSSR count). The molecule has 0 saturated carbocycles. The normalized spacial score (nSPS) is 11.0. The molecule has 0 bridgehead atoms. The number of hydrogen-bond acceptors (Lipinski definition) is 5. The van der Waals surface area contributed by atoms with Gasteiger partial charge in [-0.05, 0) is 51.9 Å². The van der Waals surface area contributed by atoms with E-state index in [0.717, 1.165) is 5.56 Å². The summed E-state index contributed by atoms with van der Waals surface area (Å²) < 4.78 is 2.97. The van der Waals surface area contributed by atoms with Gasteiger partial charge < -0.3 is 10.0 Å². The van der Waals surface area contributed by atoms with E-state index in [4.69, 9.17) is 23.2 Å². The van der Waals surface area contributed by atoms with Crippen LogP contribution in [0.5, 0.6) is 0 Å². The largest absolute Gasteiger partial charge is 0.395 e. The monoisotopic (exact) mass is 484 g/mol. The van der Waals surface area contributed by atoms with E-state index >= 15 is 0 Å². The SMILES string of the molecule is C[n+]1cnc(Cl)c(C(=O)N(CCO)c2ccc3ncn(Cc4ccccc4)c(=O)c3c2)c1Cl. The highest BCUT2D eigenvalue weighted by Crippen LogP contribution is 2.25. The van der Waals surface area contributed by atoms with Crippen molar-refractivity contribution in [3.63, 3.8) is 0 Å². The van der Waals surface area contributed by atoms with E-state index in [0.29, 0.717) is 23.1 Å². The zero-order valence-corrected chi connectivity index (χ0v) is 19.2. The van der Waals surface area contributed by atoms with E-state index < -0.39 is 5.91 Å². The van der Waals surface area contributed by atoms with Crippen molar-refractivity contribution in [1.29, 1.82) is 0 Å². The summed E-state index contributed by atoms with van der Waals surface area (Å²) in [5.41, 5.74) is 1.61. The van der Waals surface area contributed by atoms with Gasteiger partial charge in [-0.2, -0.15) is 0 Å². The predicted molar refractivity (Wildman–Crippen MR) is 126 cm³/mol. The summed E-state index contributed by atoms with van der Waals surface area (Å²) >= 11 is 12.5. The number of aliphatic hydroxyl groups is 1. The first kappa shape index (κ1) is 22.8. The number of aromatic nitrogens is 4. The fourth-order valence-electron chi connectivity index (χ4n) is 3.48. The minimum absolute atomic E-state index is 0.00422. The van der Waals surface area contributed by atoms with Crippen molar-refractivity contribution in [2.45, 2.75) is 6.54 Å². The number of aliphatic hydroxyl groups excluding tert-OH is 1. The first-order valence-electron chi connectivity index (χ1n) is 10.1. The maximum Gasteiger partial charge on any atom is 0.289 e. The lowest BCUT2D eigenvalue weighted by atomic mass is 10.1. The quantitative estimate of drug-likeness (QED) is 0.335. The van der Waals surface area contributed by atoms with E-state index in [-0.39, 0.29) is 34.6 Å². The lowest BCUT2D eigenvalue weighted by Crippen LogP contribution is -2.38. The topological polar surface area (TPSA) is 92.2 Å². The molecule has 1 N–H and O–H groups in total. The van der Waals surface area contributed by atoms with Gasteiger partial charge in [-0.3, -0.25) is 14.2 Å². The molecule has 2 heterocycles. The highest BCUT2D eigenvalue weighted by Gasteiger charge is 2.29. The zero-order chi connectivity index (χ0) is 23.5. The Morgan fingerprint density at radius 2 is 1.91 bits per heavy atom. The summed E-state index contributed by atoms with van der Waals surface area (Å²) in [6.07, 6.45) is 2.90. The lowest BCUT2D eigenvalue weighted by molar-refractivity contribution is -0.672. The molecule has 0 aliphatic rings. The van der Waals surface area contributed by atoms with Crippen LogP contribution in [0, 0.1) is 0 Å². The van der Waals surface area contributed by atoms with Crippen LogP contribution in [0.3, 0.4) is 0 Å². The van der Waals surface area contributed by atoms with Crippen LogP contribution in [0.1, 0.15) is 15.9 Å². The molecule has 33 heavy (non-hydrogen) atoms. The summed E-state index contributed by atoms with van der Waals surface area (Å²) in [5, 5.41) is 10.00. The highest BCUT2D eigenvalue weighted by atomic mass is 35.5. The molecule has 8 nitrogen and oxygen atoms in total. The second-order valence-corrected chi connectivity index (χ2v) is 8.07. The third-order valence-electron chi connectivity index (χ3n) is 5.16. The molecule has 0 unspecified atom stereocenters. The van der Waals surface area contributed by atoms with Gasteiger partial charge >= 0.3 is 0 Å². The van der Waals surface area contributed by atoms with Crippen LogP contribution in [0.25, 0.3) is 10.9 Å². The molecular formula is C23H20Cl2N5O3+. The maximum absolute atomic E-state index is 13.4. The molecule has 0 radical (unpaired) electrons. The average molecular weight is 485 g/mol. The van der Waals surface area contributed by atoms with Gasteiger partial charge in [-0.1, -0.05) is 30.3 Å². The number of anilines is 1. The van der Waals surface area contributed by atoms with Crippen molar-refractivity contribution in [3.8, 4) is 0 Å². The number of benzene rings is 2. The van der Waals surface area contributed by atoms with Crippen molar-refractivity contribution in [3.05, 3.63) is 93.0 Å². The van der Waals surface area contributed by atoms with Crippen LogP contribution >= 0.6 is 23.2 Å². The third-order valence-corrected chi connectivity index (χ3v) is 5.91. The summed E-state index contributed by atoms with van der Waals surface area (Å²) in [5.74, 6) is -0.546. The Labute approximate surface area is 199 Å². The van der Waals surface area contributed by atoms with Crippen molar-refractivity contribution < 1.29 is 14.5 Å². The number of rotatable bonds is 6. The molecule has 0 saturated heterocycles. The number of carbonyl (C=O) groups excluding carboxylic acids is 1. The van der Waals surface area contributed by atoms with Crippen LogP contribution in [0.2, 0.25) is 10.3 Å². The molecule has 0 fully saturated rings. The summed E-state index contributed by atoms with van der Waals surface area (Å²) in [6.45, 7) is 0.0221. The summed E-state index contributed by atoms with van der Waals surface area (Å²) in [6, 6.07) is 14.5. The lowest BCUT2D eigenvalue weighted by Gasteiger charge is -2.22. The van der Waals surface area contributed by atoms with Crippen molar-refractivity contribution in [2.24, 2.45) is 7.05 Å². The molecule has 0 aliphatic heterocycles. The number of amides is 1. The smallest absolute Gasteiger partial charge is 0.289 e. The van der Waals surface area contributed by atoms with Gasteiger partial charge in [0.05, 0.1) is 37.4 Å². The number of aryl methyl sites for hydroxylation is 1. The number of nitrogens with zero attached hydrogens (tertiary/aromatic N) is 5. The fraction of sp³-hybridized carbons (Fsp3) is 0.174. The van der Waals surface area contributed by atoms with Crippen LogP contribution in [0.15, 0.2) is 66.0 Å². The molecule has 2 aromatic carbocycles. The van der Waals surface area contributed by atoms with E-state index in [1.807, 2.05) is 30.3 Å². The molecule has 0 aliphatic carbocycles. The number of halogens is 2. The Hall–Kier alpha value is -3.33. The average Bonchev–Trinajstić information content (AvgIpc) is 2.82. The Kier molecular flexibility index (Phi) is 6.69. The Morgan fingerprint density at radius 3 is 2.64 bits per heavy atom. The van der Waals surface area contributed by atoms with Gasteiger partial charge in [-0.15, -0.1) is 0 Å². The van der Waals surface area contributed by atoms with Crippen LogP contribution in [-0.4, -0.2) is 38.7 Å². The predicted octanol–water partition coefficient (Wildman–Crippen LogP) is 2.61. The molecule has 4 aromatic rings. The maximum atomic E-state index is 13.4. The van der Waals surface area contributed by atoms with Crippen LogP contribution in [0.4, 0.5) is 5.69 Å². The van der Waals surface area contributed by atoms with E-state index in [1.165, 1.54) is 26.7 Å². The number of hydrogen-bond donors (Lipinski definition) is 1. The minimum atomic E-state index is -0.546. The number of fused-ring (bicyclic) bond motifs is 1. The molecule has 10 heteroatoms. The fourth-order valence-corrected chi connectivity index (χ4v) is 3.96. The standard InChI is InChI=1S/C23H20Cl2N5O3/c1-28-13-27-20(24)19(21(28)25)23(33)30(9-10-31)16-7-8-18-17(11-16)22(32)29(14-26-18)12-15-5-3-2-4-6-15/h2-8,11,13-14,31H,9-10,12H2,1H3/q+1. The van der Waals surface area contributed by atoms with Crippen molar-refractivity contribution >= 4 is 45.7 Å². The van der Waals surface area contributed by atoms with Crippen molar-refractivity contribution in [1.82, 2.24) is 14.5 Å².